The molecule has 1 aromatic rings. The highest BCUT2D eigenvalue weighted by molar-refractivity contribution is 7.10. The maximum absolute atomic E-state index is 12.5. The molecule has 108 valence electrons. The van der Waals surface area contributed by atoms with E-state index in [9.17, 15) is 14.7 Å². The van der Waals surface area contributed by atoms with Crippen LogP contribution in [0.5, 0.6) is 0 Å². The van der Waals surface area contributed by atoms with Gasteiger partial charge >= 0.3 is 12.0 Å². The van der Waals surface area contributed by atoms with Crippen LogP contribution in [0.2, 0.25) is 0 Å². The average Bonchev–Trinajstić information content (AvgIpc) is 3.10. The molecule has 5 nitrogen and oxygen atoms in total. The number of hydrogen-bond acceptors (Lipinski definition) is 3. The number of fused-ring (bicyclic) bond motifs is 1. The van der Waals surface area contributed by atoms with E-state index in [2.05, 4.69) is 0 Å². The number of carbonyl (C=O) groups is 2. The number of thiophene rings is 1. The lowest BCUT2D eigenvalue weighted by Crippen LogP contribution is -2.48. The Morgan fingerprint density at radius 3 is 2.90 bits per heavy atom. The number of hydrogen-bond donors (Lipinski definition) is 1. The number of carboxylic acids is 1. The predicted molar refractivity (Wildman–Crippen MR) is 75.9 cm³/mol. The van der Waals surface area contributed by atoms with Crippen LogP contribution in [0.1, 0.15) is 29.3 Å². The first kappa shape index (κ1) is 13.4. The van der Waals surface area contributed by atoms with Gasteiger partial charge in [-0.25, -0.2) is 9.59 Å². The molecule has 6 heteroatoms. The van der Waals surface area contributed by atoms with Gasteiger partial charge in [-0.05, 0) is 42.2 Å². The molecule has 2 aliphatic rings. The lowest BCUT2D eigenvalue weighted by atomic mass is 10.0. The number of urea groups is 1. The average molecular weight is 294 g/mol. The first-order valence-corrected chi connectivity index (χ1v) is 7.76. The maximum atomic E-state index is 12.5. The number of aliphatic carboxylic acids is 1. The third-order valence-electron chi connectivity index (χ3n) is 4.00. The molecule has 2 amide bonds. The Balaban J connectivity index is 1.81. The maximum Gasteiger partial charge on any atom is 0.331 e. The van der Waals surface area contributed by atoms with Crippen LogP contribution >= 0.6 is 11.3 Å². The summed E-state index contributed by atoms with van der Waals surface area (Å²) in [7, 11) is 1.77. The predicted octanol–water partition coefficient (Wildman–Crippen LogP) is 2.19. The van der Waals surface area contributed by atoms with Crippen molar-refractivity contribution in [2.24, 2.45) is 5.92 Å². The molecule has 1 N–H and O–H groups in total. The molecule has 0 saturated heterocycles. The lowest BCUT2D eigenvalue weighted by molar-refractivity contribution is -0.143. The summed E-state index contributed by atoms with van der Waals surface area (Å²) in [6.07, 6.45) is 3.10. The van der Waals surface area contributed by atoms with Crippen molar-refractivity contribution in [3.8, 4) is 0 Å². The molecule has 1 unspecified atom stereocenters. The van der Waals surface area contributed by atoms with Crippen molar-refractivity contribution in [3.05, 3.63) is 21.9 Å². The van der Waals surface area contributed by atoms with E-state index in [1.165, 1.54) is 17.7 Å². The number of nitrogens with zero attached hydrogens (tertiary/aromatic N) is 2. The van der Waals surface area contributed by atoms with Gasteiger partial charge in [0.25, 0.3) is 0 Å². The second-order valence-corrected chi connectivity index (χ2v) is 6.59. The zero-order valence-electron chi connectivity index (χ0n) is 11.4. The molecule has 1 aromatic heterocycles. The SMILES string of the molecule is CN(CC1CC1)C(=O)N1CCc2sccc2C1C(=O)O. The van der Waals surface area contributed by atoms with Gasteiger partial charge in [0.15, 0.2) is 6.04 Å². The molecule has 1 saturated carbocycles. The minimum absolute atomic E-state index is 0.166. The summed E-state index contributed by atoms with van der Waals surface area (Å²) in [5.74, 6) is -0.341. The first-order chi connectivity index (χ1) is 9.58. The molecule has 1 aliphatic carbocycles. The minimum Gasteiger partial charge on any atom is -0.479 e. The van der Waals surface area contributed by atoms with Crippen molar-refractivity contribution in [2.45, 2.75) is 25.3 Å². The van der Waals surface area contributed by atoms with Crippen LogP contribution in [0.25, 0.3) is 0 Å². The summed E-state index contributed by atoms with van der Waals surface area (Å²) in [6, 6.07) is 0.833. The van der Waals surface area contributed by atoms with E-state index in [-0.39, 0.29) is 6.03 Å². The lowest BCUT2D eigenvalue weighted by Gasteiger charge is -2.35. The number of carboxylic acid groups (broad SMARTS) is 1. The Kier molecular flexibility index (Phi) is 3.41. The van der Waals surface area contributed by atoms with Crippen molar-refractivity contribution in [2.75, 3.05) is 20.1 Å². The summed E-state index contributed by atoms with van der Waals surface area (Å²) in [5.41, 5.74) is 0.780. The van der Waals surface area contributed by atoms with Crippen molar-refractivity contribution in [1.82, 2.24) is 9.80 Å². The van der Waals surface area contributed by atoms with Crippen molar-refractivity contribution in [1.29, 1.82) is 0 Å². The second-order valence-electron chi connectivity index (χ2n) is 5.59. The molecule has 1 fully saturated rings. The second kappa shape index (κ2) is 5.09. The normalized spacial score (nSPS) is 21.4. The van der Waals surface area contributed by atoms with Crippen molar-refractivity contribution in [3.63, 3.8) is 0 Å². The summed E-state index contributed by atoms with van der Waals surface area (Å²) in [5, 5.41) is 11.4. The van der Waals surface area contributed by atoms with E-state index in [4.69, 9.17) is 0 Å². The Labute approximate surface area is 121 Å². The van der Waals surface area contributed by atoms with Crippen LogP contribution < -0.4 is 0 Å². The van der Waals surface area contributed by atoms with Crippen LogP contribution in [0.3, 0.4) is 0 Å². The number of carbonyl (C=O) groups excluding carboxylic acids is 1. The smallest absolute Gasteiger partial charge is 0.331 e. The third kappa shape index (κ3) is 2.40. The first-order valence-electron chi connectivity index (χ1n) is 6.88. The molecule has 3 rings (SSSR count). The minimum atomic E-state index is -0.947. The van der Waals surface area contributed by atoms with E-state index >= 15 is 0 Å². The van der Waals surface area contributed by atoms with E-state index in [0.29, 0.717) is 12.5 Å². The standard InChI is InChI=1S/C14H18N2O3S/c1-15(8-9-2-3-9)14(19)16-6-4-11-10(5-7-20-11)12(16)13(17)18/h5,7,9,12H,2-4,6,8H2,1H3,(H,17,18). The van der Waals surface area contributed by atoms with Crippen molar-refractivity contribution < 1.29 is 14.7 Å². The molecule has 0 spiro atoms. The van der Waals surface area contributed by atoms with E-state index in [0.717, 1.165) is 23.4 Å². The van der Waals surface area contributed by atoms with Gasteiger partial charge in [0, 0.05) is 25.0 Å². The van der Waals surface area contributed by atoms with Gasteiger partial charge in [0.1, 0.15) is 0 Å². The Hall–Kier alpha value is -1.56. The summed E-state index contributed by atoms with van der Waals surface area (Å²) >= 11 is 1.57. The molecule has 0 bridgehead atoms. The van der Waals surface area contributed by atoms with Gasteiger partial charge in [0.05, 0.1) is 0 Å². The van der Waals surface area contributed by atoms with Gasteiger partial charge in [-0.3, -0.25) is 0 Å². The van der Waals surface area contributed by atoms with Gasteiger partial charge in [-0.15, -0.1) is 11.3 Å². The largest absolute Gasteiger partial charge is 0.479 e. The van der Waals surface area contributed by atoms with E-state index in [1.54, 1.807) is 23.3 Å². The fourth-order valence-electron chi connectivity index (χ4n) is 2.77. The highest BCUT2D eigenvalue weighted by Gasteiger charge is 2.38. The summed E-state index contributed by atoms with van der Waals surface area (Å²) in [4.78, 5) is 28.3. The zero-order valence-corrected chi connectivity index (χ0v) is 12.2. The van der Waals surface area contributed by atoms with Gasteiger partial charge in [0.2, 0.25) is 0 Å². The molecule has 1 aliphatic heterocycles. The topological polar surface area (TPSA) is 60.9 Å². The molecule has 2 heterocycles. The van der Waals surface area contributed by atoms with E-state index in [1.807, 2.05) is 11.4 Å². The van der Waals surface area contributed by atoms with Crippen LogP contribution in [0.4, 0.5) is 4.79 Å². The quantitative estimate of drug-likeness (QED) is 0.929. The summed E-state index contributed by atoms with van der Waals surface area (Å²) in [6.45, 7) is 1.22. The third-order valence-corrected chi connectivity index (χ3v) is 5.00. The van der Waals surface area contributed by atoms with Gasteiger partial charge in [-0.2, -0.15) is 0 Å². The Morgan fingerprint density at radius 2 is 2.25 bits per heavy atom. The summed E-state index contributed by atoms with van der Waals surface area (Å²) < 4.78 is 0. The molecule has 0 radical (unpaired) electrons. The monoisotopic (exact) mass is 294 g/mol. The van der Waals surface area contributed by atoms with E-state index < -0.39 is 12.0 Å². The number of rotatable bonds is 3. The van der Waals surface area contributed by atoms with Gasteiger partial charge < -0.3 is 14.9 Å². The number of amides is 2. The van der Waals surface area contributed by atoms with Crippen LogP contribution in [-0.4, -0.2) is 47.0 Å². The Morgan fingerprint density at radius 1 is 1.50 bits per heavy atom. The molecule has 0 aromatic carbocycles. The molecular weight excluding hydrogens is 276 g/mol. The fourth-order valence-corrected chi connectivity index (χ4v) is 3.68. The highest BCUT2D eigenvalue weighted by Crippen LogP contribution is 2.35. The van der Waals surface area contributed by atoms with Crippen molar-refractivity contribution >= 4 is 23.3 Å². The fraction of sp³-hybridized carbons (Fsp3) is 0.571. The Bertz CT molecular complexity index is 538. The van der Waals surface area contributed by atoms with Crippen LogP contribution in [0.15, 0.2) is 11.4 Å². The highest BCUT2D eigenvalue weighted by atomic mass is 32.1. The molecule has 20 heavy (non-hydrogen) atoms. The van der Waals surface area contributed by atoms with Crippen LogP contribution in [-0.2, 0) is 11.2 Å². The molecular formula is C14H18N2O3S. The molecule has 1 atom stereocenters. The van der Waals surface area contributed by atoms with Crippen LogP contribution in [0, 0.1) is 5.92 Å². The zero-order chi connectivity index (χ0) is 14.3. The van der Waals surface area contributed by atoms with Gasteiger partial charge in [-0.1, -0.05) is 0 Å².